The number of aromatic nitrogens is 1. The van der Waals surface area contributed by atoms with E-state index in [1.165, 1.54) is 11.1 Å². The highest BCUT2D eigenvalue weighted by molar-refractivity contribution is 5.93. The maximum atomic E-state index is 6.00. The molecular weight excluding hydrogens is 236 g/mol. The van der Waals surface area contributed by atoms with Crippen molar-refractivity contribution in [1.29, 1.82) is 0 Å². The normalized spacial score (nSPS) is 23.5. The van der Waals surface area contributed by atoms with Crippen LogP contribution in [0.1, 0.15) is 28.6 Å². The lowest BCUT2D eigenvalue weighted by atomic mass is 10.1. The van der Waals surface area contributed by atoms with Crippen LogP contribution in [0.15, 0.2) is 47.5 Å². The van der Waals surface area contributed by atoms with Crippen molar-refractivity contribution in [3.05, 3.63) is 65.0 Å². The summed E-state index contributed by atoms with van der Waals surface area (Å²) in [6.45, 7) is 1.98. The van der Waals surface area contributed by atoms with Crippen molar-refractivity contribution in [2.24, 2.45) is 4.99 Å². The topological polar surface area (TPSA) is 34.5 Å². The average molecular weight is 250 g/mol. The standard InChI is InChI=1S/C16H14N2O/c1-10-5-4-8-13(17-10)16-18-15-12-7-3-2-6-11(12)9-14(15)19-16/h2-8,14-15H,9H2,1H3/t14-,15+/m1/s1. The molecule has 94 valence electrons. The molecular formula is C16H14N2O. The minimum Gasteiger partial charge on any atom is -0.470 e. The average Bonchev–Trinajstić information content (AvgIpc) is 2.96. The van der Waals surface area contributed by atoms with E-state index in [1.54, 1.807) is 0 Å². The van der Waals surface area contributed by atoms with E-state index in [-0.39, 0.29) is 12.1 Å². The summed E-state index contributed by atoms with van der Waals surface area (Å²) in [5.74, 6) is 0.688. The maximum absolute atomic E-state index is 6.00. The van der Waals surface area contributed by atoms with Gasteiger partial charge in [-0.3, -0.25) is 0 Å². The number of ether oxygens (including phenoxy) is 1. The molecule has 0 bridgehead atoms. The van der Waals surface area contributed by atoms with E-state index in [0.717, 1.165) is 17.8 Å². The highest BCUT2D eigenvalue weighted by atomic mass is 16.5. The van der Waals surface area contributed by atoms with Gasteiger partial charge in [0.2, 0.25) is 5.90 Å². The lowest BCUT2D eigenvalue weighted by Gasteiger charge is -2.08. The summed E-state index contributed by atoms with van der Waals surface area (Å²) < 4.78 is 6.00. The Balaban J connectivity index is 1.73. The van der Waals surface area contributed by atoms with Crippen molar-refractivity contribution < 1.29 is 4.74 Å². The van der Waals surface area contributed by atoms with Gasteiger partial charge in [0, 0.05) is 12.1 Å². The molecule has 3 heteroatoms. The number of fused-ring (bicyclic) bond motifs is 3. The quantitative estimate of drug-likeness (QED) is 0.780. The van der Waals surface area contributed by atoms with Crippen LogP contribution in [0.25, 0.3) is 0 Å². The van der Waals surface area contributed by atoms with E-state index in [4.69, 9.17) is 9.73 Å². The molecule has 2 aliphatic rings. The molecule has 1 aliphatic carbocycles. The van der Waals surface area contributed by atoms with E-state index in [0.29, 0.717) is 5.90 Å². The summed E-state index contributed by atoms with van der Waals surface area (Å²) in [5.41, 5.74) is 4.49. The molecule has 2 aromatic rings. The van der Waals surface area contributed by atoms with E-state index >= 15 is 0 Å². The first-order chi connectivity index (χ1) is 9.31. The number of nitrogens with zero attached hydrogens (tertiary/aromatic N) is 2. The Bertz CT molecular complexity index is 678. The SMILES string of the molecule is Cc1cccc(C2=N[C@H]3c4ccccc4C[C@H]3O2)n1. The zero-order valence-corrected chi connectivity index (χ0v) is 10.7. The molecule has 19 heavy (non-hydrogen) atoms. The van der Waals surface area contributed by atoms with Gasteiger partial charge in [0.05, 0.1) is 0 Å². The van der Waals surface area contributed by atoms with Gasteiger partial charge >= 0.3 is 0 Å². The van der Waals surface area contributed by atoms with Crippen LogP contribution in [-0.4, -0.2) is 17.0 Å². The summed E-state index contributed by atoms with van der Waals surface area (Å²) in [6, 6.07) is 14.5. The van der Waals surface area contributed by atoms with Crippen molar-refractivity contribution in [1.82, 2.24) is 4.98 Å². The van der Waals surface area contributed by atoms with Gasteiger partial charge in [-0.1, -0.05) is 30.3 Å². The van der Waals surface area contributed by atoms with Crippen molar-refractivity contribution in [3.63, 3.8) is 0 Å². The van der Waals surface area contributed by atoms with Gasteiger partial charge in [0.15, 0.2) is 0 Å². The highest BCUT2D eigenvalue weighted by Gasteiger charge is 2.39. The van der Waals surface area contributed by atoms with Crippen LogP contribution in [0.5, 0.6) is 0 Å². The Morgan fingerprint density at radius 1 is 1.11 bits per heavy atom. The van der Waals surface area contributed by atoms with E-state index in [9.17, 15) is 0 Å². The summed E-state index contributed by atoms with van der Waals surface area (Å²) >= 11 is 0. The van der Waals surface area contributed by atoms with Gasteiger partial charge in [-0.25, -0.2) is 9.98 Å². The van der Waals surface area contributed by atoms with Crippen LogP contribution in [0, 0.1) is 6.92 Å². The Labute approximate surface area is 112 Å². The minimum absolute atomic E-state index is 0.147. The molecule has 4 rings (SSSR count). The first-order valence-electron chi connectivity index (χ1n) is 6.57. The smallest absolute Gasteiger partial charge is 0.236 e. The van der Waals surface area contributed by atoms with Crippen molar-refractivity contribution in [2.45, 2.75) is 25.5 Å². The van der Waals surface area contributed by atoms with Crippen LogP contribution in [0.2, 0.25) is 0 Å². The van der Waals surface area contributed by atoms with Crippen LogP contribution < -0.4 is 0 Å². The van der Waals surface area contributed by atoms with Gasteiger partial charge < -0.3 is 4.74 Å². The van der Waals surface area contributed by atoms with Crippen LogP contribution in [-0.2, 0) is 11.2 Å². The highest BCUT2D eigenvalue weighted by Crippen LogP contribution is 2.40. The predicted octanol–water partition coefficient (Wildman–Crippen LogP) is 2.83. The number of aliphatic imine (C=N–C) groups is 1. The third-order valence-electron chi connectivity index (χ3n) is 3.77. The fourth-order valence-electron chi connectivity index (χ4n) is 2.88. The van der Waals surface area contributed by atoms with Crippen molar-refractivity contribution >= 4 is 5.90 Å². The number of aryl methyl sites for hydroxylation is 1. The van der Waals surface area contributed by atoms with Gasteiger partial charge in [-0.2, -0.15) is 0 Å². The molecule has 1 aromatic carbocycles. The first-order valence-corrected chi connectivity index (χ1v) is 6.57. The zero-order valence-electron chi connectivity index (χ0n) is 10.7. The summed E-state index contributed by atoms with van der Waals surface area (Å²) in [5, 5.41) is 0. The Morgan fingerprint density at radius 2 is 2.00 bits per heavy atom. The second kappa shape index (κ2) is 3.92. The third-order valence-corrected chi connectivity index (χ3v) is 3.77. The Morgan fingerprint density at radius 3 is 2.89 bits per heavy atom. The second-order valence-corrected chi connectivity index (χ2v) is 5.10. The molecule has 0 saturated heterocycles. The summed E-state index contributed by atoms with van der Waals surface area (Å²) in [4.78, 5) is 9.22. The van der Waals surface area contributed by atoms with Crippen molar-refractivity contribution in [3.8, 4) is 0 Å². The largest absolute Gasteiger partial charge is 0.470 e. The molecule has 1 aromatic heterocycles. The number of benzene rings is 1. The van der Waals surface area contributed by atoms with E-state index in [2.05, 4.69) is 29.2 Å². The van der Waals surface area contributed by atoms with Gasteiger partial charge in [0.25, 0.3) is 0 Å². The fraction of sp³-hybridized carbons (Fsp3) is 0.250. The monoisotopic (exact) mass is 250 g/mol. The van der Waals surface area contributed by atoms with Gasteiger partial charge in [0.1, 0.15) is 17.8 Å². The number of hydrogen-bond donors (Lipinski definition) is 0. The number of rotatable bonds is 1. The number of pyridine rings is 1. The van der Waals surface area contributed by atoms with Gasteiger partial charge in [-0.15, -0.1) is 0 Å². The third kappa shape index (κ3) is 1.65. The van der Waals surface area contributed by atoms with E-state index in [1.807, 2.05) is 25.1 Å². The molecule has 2 heterocycles. The molecule has 0 N–H and O–H groups in total. The Kier molecular flexibility index (Phi) is 2.21. The lowest BCUT2D eigenvalue weighted by molar-refractivity contribution is 0.206. The minimum atomic E-state index is 0.147. The summed E-state index contributed by atoms with van der Waals surface area (Å²) in [6.07, 6.45) is 1.09. The van der Waals surface area contributed by atoms with Crippen molar-refractivity contribution in [2.75, 3.05) is 0 Å². The second-order valence-electron chi connectivity index (χ2n) is 5.10. The molecule has 0 unspecified atom stereocenters. The van der Waals surface area contributed by atoms with Crippen LogP contribution in [0.3, 0.4) is 0 Å². The summed E-state index contributed by atoms with van der Waals surface area (Å²) in [7, 11) is 0. The maximum Gasteiger partial charge on any atom is 0.236 e. The molecule has 2 atom stereocenters. The molecule has 3 nitrogen and oxygen atoms in total. The van der Waals surface area contributed by atoms with Crippen LogP contribution >= 0.6 is 0 Å². The molecule has 0 radical (unpaired) electrons. The molecule has 0 saturated carbocycles. The predicted molar refractivity (Wildman–Crippen MR) is 73.3 cm³/mol. The van der Waals surface area contributed by atoms with Crippen LogP contribution in [0.4, 0.5) is 0 Å². The molecule has 0 fully saturated rings. The molecule has 1 aliphatic heterocycles. The molecule has 0 spiro atoms. The van der Waals surface area contributed by atoms with Gasteiger partial charge in [-0.05, 0) is 30.2 Å². The zero-order chi connectivity index (χ0) is 12.8. The molecule has 0 amide bonds. The van der Waals surface area contributed by atoms with E-state index < -0.39 is 0 Å². The number of hydrogen-bond acceptors (Lipinski definition) is 3. The Hall–Kier alpha value is -2.16. The fourth-order valence-corrected chi connectivity index (χ4v) is 2.88. The lowest BCUT2D eigenvalue weighted by Crippen LogP contribution is -2.14. The first kappa shape index (κ1) is 10.7.